The number of fused-ring (bicyclic) bond motifs is 1. The summed E-state index contributed by atoms with van der Waals surface area (Å²) in [4.78, 5) is 27.8. The predicted molar refractivity (Wildman–Crippen MR) is 53.8 cm³/mol. The molecule has 0 saturated carbocycles. The van der Waals surface area contributed by atoms with Gasteiger partial charge >= 0.3 is 0 Å². The summed E-state index contributed by atoms with van der Waals surface area (Å²) in [6.07, 6.45) is 1.24. The lowest BCUT2D eigenvalue weighted by atomic mass is 10.1. The fraction of sp³-hybridized carbons (Fsp3) is 0.111. The van der Waals surface area contributed by atoms with Gasteiger partial charge in [-0.15, -0.1) is 0 Å². The Labute approximate surface area is 83.7 Å². The van der Waals surface area contributed by atoms with Gasteiger partial charge in [-0.1, -0.05) is 0 Å². The molecule has 15 heavy (non-hydrogen) atoms. The summed E-state index contributed by atoms with van der Waals surface area (Å²) < 4.78 is 0. The minimum Gasteiger partial charge on any atom is -0.313 e. The fourth-order valence-electron chi connectivity index (χ4n) is 1.47. The summed E-state index contributed by atoms with van der Waals surface area (Å²) in [7, 11) is 0. The molecule has 1 aromatic carbocycles. The third kappa shape index (κ3) is 1.35. The molecule has 0 spiro atoms. The van der Waals surface area contributed by atoms with E-state index >= 15 is 0 Å². The molecular weight excluding hydrogens is 198 g/mol. The Morgan fingerprint density at radius 1 is 1.47 bits per heavy atom. The number of aromatic amines is 1. The van der Waals surface area contributed by atoms with Gasteiger partial charge in [-0.3, -0.25) is 14.9 Å². The highest BCUT2D eigenvalue weighted by atomic mass is 16.6. The summed E-state index contributed by atoms with van der Waals surface area (Å²) in [5.41, 5.74) is 0.454. The molecule has 0 atom stereocenters. The molecule has 2 rings (SSSR count). The third-order valence-electron chi connectivity index (χ3n) is 2.23. The van der Waals surface area contributed by atoms with Crippen molar-refractivity contribution in [3.8, 4) is 0 Å². The van der Waals surface area contributed by atoms with Crippen molar-refractivity contribution in [2.45, 2.75) is 6.92 Å². The Kier molecular flexibility index (Phi) is 1.96. The fourth-order valence-corrected chi connectivity index (χ4v) is 1.47. The van der Waals surface area contributed by atoms with Gasteiger partial charge in [0, 0.05) is 6.07 Å². The lowest BCUT2D eigenvalue weighted by Crippen LogP contribution is -2.07. The number of nitro benzene ring substituents is 1. The quantitative estimate of drug-likeness (QED) is 0.558. The smallest absolute Gasteiger partial charge is 0.274 e. The SMILES string of the molecule is Cc1c([N+](=O)[O-])ccc2c(=O)[nH]cnc12. The number of hydrogen-bond acceptors (Lipinski definition) is 4. The number of hydrogen-bond donors (Lipinski definition) is 1. The van der Waals surface area contributed by atoms with Gasteiger partial charge in [0.2, 0.25) is 0 Å². The maximum absolute atomic E-state index is 11.3. The predicted octanol–water partition coefficient (Wildman–Crippen LogP) is 1.14. The zero-order valence-corrected chi connectivity index (χ0v) is 7.85. The van der Waals surface area contributed by atoms with Crippen LogP contribution in [0.25, 0.3) is 10.9 Å². The molecule has 0 unspecified atom stereocenters. The highest BCUT2D eigenvalue weighted by Gasteiger charge is 2.14. The van der Waals surface area contributed by atoms with Crippen LogP contribution in [0, 0.1) is 17.0 Å². The summed E-state index contributed by atoms with van der Waals surface area (Å²) in [6, 6.07) is 2.72. The molecule has 2 aromatic rings. The number of nitrogens with one attached hydrogen (secondary N) is 1. The summed E-state index contributed by atoms with van der Waals surface area (Å²) in [6.45, 7) is 1.58. The van der Waals surface area contributed by atoms with Crippen LogP contribution in [-0.4, -0.2) is 14.9 Å². The van der Waals surface area contributed by atoms with Gasteiger partial charge in [0.15, 0.2) is 0 Å². The topological polar surface area (TPSA) is 88.9 Å². The van der Waals surface area contributed by atoms with E-state index in [4.69, 9.17) is 0 Å². The van der Waals surface area contributed by atoms with Crippen molar-refractivity contribution in [3.05, 3.63) is 44.5 Å². The minimum atomic E-state index is -0.488. The van der Waals surface area contributed by atoms with Crippen LogP contribution in [0.4, 0.5) is 5.69 Å². The third-order valence-corrected chi connectivity index (χ3v) is 2.23. The van der Waals surface area contributed by atoms with Gasteiger partial charge in [0.25, 0.3) is 11.2 Å². The van der Waals surface area contributed by atoms with Crippen molar-refractivity contribution in [2.75, 3.05) is 0 Å². The molecule has 0 aliphatic rings. The first-order chi connectivity index (χ1) is 7.11. The van der Waals surface area contributed by atoms with Crippen molar-refractivity contribution in [1.82, 2.24) is 9.97 Å². The second kappa shape index (κ2) is 3.16. The van der Waals surface area contributed by atoms with Crippen LogP contribution in [0.2, 0.25) is 0 Å². The van der Waals surface area contributed by atoms with Gasteiger partial charge in [-0.2, -0.15) is 0 Å². The zero-order valence-electron chi connectivity index (χ0n) is 7.85. The van der Waals surface area contributed by atoms with E-state index in [1.165, 1.54) is 18.5 Å². The molecule has 1 aromatic heterocycles. The number of rotatable bonds is 1. The van der Waals surface area contributed by atoms with Crippen LogP contribution >= 0.6 is 0 Å². The van der Waals surface area contributed by atoms with Gasteiger partial charge in [0.1, 0.15) is 0 Å². The van der Waals surface area contributed by atoms with Gasteiger partial charge in [0.05, 0.1) is 27.7 Å². The van der Waals surface area contributed by atoms with Crippen molar-refractivity contribution in [3.63, 3.8) is 0 Å². The molecule has 6 heteroatoms. The lowest BCUT2D eigenvalue weighted by molar-refractivity contribution is -0.385. The Bertz CT molecular complexity index is 603. The number of nitro groups is 1. The van der Waals surface area contributed by atoms with E-state index < -0.39 is 4.92 Å². The largest absolute Gasteiger partial charge is 0.313 e. The molecule has 0 bridgehead atoms. The Hall–Kier alpha value is -2.24. The second-order valence-electron chi connectivity index (χ2n) is 3.09. The zero-order chi connectivity index (χ0) is 11.0. The normalized spacial score (nSPS) is 10.5. The van der Waals surface area contributed by atoms with Gasteiger partial charge in [-0.05, 0) is 13.0 Å². The summed E-state index contributed by atoms with van der Waals surface area (Å²) in [5, 5.41) is 11.0. The first-order valence-electron chi connectivity index (χ1n) is 4.22. The van der Waals surface area contributed by atoms with E-state index in [-0.39, 0.29) is 11.2 Å². The van der Waals surface area contributed by atoms with E-state index in [2.05, 4.69) is 9.97 Å². The minimum absolute atomic E-state index is 0.0272. The van der Waals surface area contributed by atoms with E-state index in [1.54, 1.807) is 6.92 Å². The maximum atomic E-state index is 11.3. The first-order valence-corrected chi connectivity index (χ1v) is 4.22. The van der Waals surface area contributed by atoms with Crippen LogP contribution in [0.15, 0.2) is 23.3 Å². The monoisotopic (exact) mass is 205 g/mol. The van der Waals surface area contributed by atoms with Crippen LogP contribution < -0.4 is 5.56 Å². The average Bonchev–Trinajstić information content (AvgIpc) is 2.19. The van der Waals surface area contributed by atoms with Crippen LogP contribution in [0.3, 0.4) is 0 Å². The molecule has 76 valence electrons. The van der Waals surface area contributed by atoms with Crippen LogP contribution in [-0.2, 0) is 0 Å². The van der Waals surface area contributed by atoms with Gasteiger partial charge in [-0.25, -0.2) is 4.98 Å². The van der Waals surface area contributed by atoms with Crippen molar-refractivity contribution in [2.24, 2.45) is 0 Å². The molecule has 0 saturated heterocycles. The lowest BCUT2D eigenvalue weighted by Gasteiger charge is -2.00. The highest BCUT2D eigenvalue weighted by molar-refractivity contribution is 5.83. The Balaban J connectivity index is 2.92. The summed E-state index contributed by atoms with van der Waals surface area (Å²) in [5.74, 6) is 0. The average molecular weight is 205 g/mol. The standard InChI is InChI=1S/C9H7N3O3/c1-5-7(12(14)15)3-2-6-8(5)10-4-11-9(6)13/h2-4H,1H3,(H,10,11,13). The Morgan fingerprint density at radius 2 is 2.20 bits per heavy atom. The van der Waals surface area contributed by atoms with Crippen molar-refractivity contribution in [1.29, 1.82) is 0 Å². The van der Waals surface area contributed by atoms with E-state index in [0.29, 0.717) is 16.5 Å². The van der Waals surface area contributed by atoms with E-state index in [9.17, 15) is 14.9 Å². The molecule has 0 radical (unpaired) electrons. The highest BCUT2D eigenvalue weighted by Crippen LogP contribution is 2.22. The maximum Gasteiger partial charge on any atom is 0.274 e. The molecule has 1 heterocycles. The van der Waals surface area contributed by atoms with Crippen molar-refractivity contribution < 1.29 is 4.92 Å². The molecule has 0 aliphatic carbocycles. The summed E-state index contributed by atoms with van der Waals surface area (Å²) >= 11 is 0. The van der Waals surface area contributed by atoms with Crippen LogP contribution in [0.5, 0.6) is 0 Å². The number of aryl methyl sites for hydroxylation is 1. The van der Waals surface area contributed by atoms with E-state index in [1.807, 2.05) is 0 Å². The number of H-pyrrole nitrogens is 1. The number of aromatic nitrogens is 2. The van der Waals surface area contributed by atoms with Gasteiger partial charge < -0.3 is 4.98 Å². The molecule has 1 N–H and O–H groups in total. The molecule has 0 aliphatic heterocycles. The van der Waals surface area contributed by atoms with Crippen molar-refractivity contribution >= 4 is 16.6 Å². The van der Waals surface area contributed by atoms with E-state index in [0.717, 1.165) is 0 Å². The second-order valence-corrected chi connectivity index (χ2v) is 3.09. The molecule has 6 nitrogen and oxygen atoms in total. The number of nitrogens with zero attached hydrogens (tertiary/aromatic N) is 2. The first kappa shape index (κ1) is 9.32. The Morgan fingerprint density at radius 3 is 2.87 bits per heavy atom. The molecular formula is C9H7N3O3. The molecule has 0 fully saturated rings. The van der Waals surface area contributed by atoms with Crippen LogP contribution in [0.1, 0.15) is 5.56 Å². The number of benzene rings is 1. The molecule has 0 amide bonds.